The molecule has 2 N–H and O–H groups in total. The highest BCUT2D eigenvalue weighted by molar-refractivity contribution is 7.91. The Morgan fingerprint density at radius 3 is 2.69 bits per heavy atom. The first-order valence-electron chi connectivity index (χ1n) is 10.4. The summed E-state index contributed by atoms with van der Waals surface area (Å²) in [6.45, 7) is 0.337. The lowest BCUT2D eigenvalue weighted by Gasteiger charge is -2.33. The minimum atomic E-state index is -3.71. The van der Waals surface area contributed by atoms with E-state index in [0.29, 0.717) is 24.5 Å². The summed E-state index contributed by atoms with van der Waals surface area (Å²) in [5, 5.41) is 4.70. The Morgan fingerprint density at radius 1 is 1.06 bits per heavy atom. The van der Waals surface area contributed by atoms with E-state index in [1.807, 2.05) is 42.5 Å². The molecule has 0 saturated carbocycles. The molecule has 1 fully saturated rings. The fourth-order valence-corrected chi connectivity index (χ4v) is 6.85. The van der Waals surface area contributed by atoms with Crippen molar-refractivity contribution in [3.63, 3.8) is 0 Å². The topological polar surface area (TPSA) is 95.2 Å². The molecular formula is C23H22N4O3S2. The number of piperidine rings is 1. The zero-order valence-corrected chi connectivity index (χ0v) is 18.8. The second kappa shape index (κ2) is 8.50. The largest absolute Gasteiger partial charge is 0.338 e. The number of nitrogens with zero attached hydrogens (tertiary/aromatic N) is 2. The molecule has 3 heterocycles. The lowest BCUT2D eigenvalue weighted by atomic mass is 10.0. The third kappa shape index (κ3) is 3.83. The minimum Gasteiger partial charge on any atom is -0.338 e. The molecule has 32 heavy (non-hydrogen) atoms. The van der Waals surface area contributed by atoms with Crippen molar-refractivity contribution in [1.82, 2.24) is 14.3 Å². The smallest absolute Gasteiger partial charge is 0.253 e. The van der Waals surface area contributed by atoms with Crippen LogP contribution in [0.1, 0.15) is 19.3 Å². The predicted molar refractivity (Wildman–Crippen MR) is 126 cm³/mol. The van der Waals surface area contributed by atoms with Crippen LogP contribution >= 0.6 is 11.3 Å². The number of imidazole rings is 1. The fraction of sp³-hybridized carbons (Fsp3) is 0.217. The number of carbonyl (C=O) groups excluding carboxylic acids is 1. The van der Waals surface area contributed by atoms with Gasteiger partial charge in [-0.1, -0.05) is 36.8 Å². The van der Waals surface area contributed by atoms with Gasteiger partial charge >= 0.3 is 0 Å². The van der Waals surface area contributed by atoms with Crippen LogP contribution in [0.4, 0.5) is 5.69 Å². The molecule has 2 aromatic carbocycles. The van der Waals surface area contributed by atoms with Gasteiger partial charge in [-0.25, -0.2) is 13.4 Å². The van der Waals surface area contributed by atoms with Crippen molar-refractivity contribution in [3.05, 3.63) is 66.0 Å². The molecule has 0 radical (unpaired) electrons. The number of para-hydroxylation sites is 3. The molecule has 1 amide bonds. The van der Waals surface area contributed by atoms with E-state index in [2.05, 4.69) is 15.3 Å². The number of hydrogen-bond donors (Lipinski definition) is 2. The van der Waals surface area contributed by atoms with Gasteiger partial charge in [0.15, 0.2) is 0 Å². The average Bonchev–Trinajstić information content (AvgIpc) is 3.50. The first-order valence-corrected chi connectivity index (χ1v) is 12.8. The Hall–Kier alpha value is -3.01. The normalized spacial score (nSPS) is 17.4. The molecule has 0 spiro atoms. The van der Waals surface area contributed by atoms with Gasteiger partial charge in [-0.05, 0) is 48.6 Å². The molecule has 0 bridgehead atoms. The van der Waals surface area contributed by atoms with E-state index in [0.717, 1.165) is 29.4 Å². The number of aromatic amines is 1. The quantitative estimate of drug-likeness (QED) is 0.454. The molecule has 9 heteroatoms. The maximum Gasteiger partial charge on any atom is 0.253 e. The number of thiophene rings is 1. The standard InChI is InChI=1S/C23H22N4O3S2/c28-23(20-12-5-6-14-27(20)32(29,30)21-13-7-15-31-21)26-17-9-2-1-8-16(17)22-24-18-10-3-4-11-19(18)25-22/h1-4,7-11,13,15,20H,5-6,12,14H2,(H,24,25)(H,26,28). The molecule has 2 aromatic heterocycles. The van der Waals surface area contributed by atoms with Crippen LogP contribution in [0.15, 0.2) is 70.3 Å². The predicted octanol–water partition coefficient (Wildman–Crippen LogP) is 4.47. The third-order valence-electron chi connectivity index (χ3n) is 5.64. The van der Waals surface area contributed by atoms with Crippen molar-refractivity contribution < 1.29 is 13.2 Å². The summed E-state index contributed by atoms with van der Waals surface area (Å²) in [7, 11) is -3.71. The molecule has 0 aliphatic carbocycles. The summed E-state index contributed by atoms with van der Waals surface area (Å²) in [6, 6.07) is 17.7. The van der Waals surface area contributed by atoms with E-state index in [-0.39, 0.29) is 10.1 Å². The van der Waals surface area contributed by atoms with Crippen LogP contribution in [0.5, 0.6) is 0 Å². The SMILES string of the molecule is O=C(Nc1ccccc1-c1nc2ccccc2[nH]1)C1CCCCN1S(=O)(=O)c1cccs1. The monoisotopic (exact) mass is 466 g/mol. The Bertz CT molecular complexity index is 1330. The highest BCUT2D eigenvalue weighted by Crippen LogP contribution is 2.31. The minimum absolute atomic E-state index is 0.264. The maximum absolute atomic E-state index is 13.3. The average molecular weight is 467 g/mol. The summed E-state index contributed by atoms with van der Waals surface area (Å²) in [5.41, 5.74) is 3.09. The van der Waals surface area contributed by atoms with Gasteiger partial charge in [-0.3, -0.25) is 4.79 Å². The first-order chi connectivity index (χ1) is 15.5. The number of H-pyrrole nitrogens is 1. The molecule has 1 aliphatic rings. The molecule has 4 aromatic rings. The van der Waals surface area contributed by atoms with Gasteiger partial charge < -0.3 is 10.3 Å². The zero-order valence-electron chi connectivity index (χ0n) is 17.2. The van der Waals surface area contributed by atoms with Gasteiger partial charge in [0.25, 0.3) is 10.0 Å². The molecule has 1 unspecified atom stereocenters. The summed E-state index contributed by atoms with van der Waals surface area (Å²) in [4.78, 5) is 21.2. The van der Waals surface area contributed by atoms with Crippen molar-refractivity contribution in [2.75, 3.05) is 11.9 Å². The number of hydrogen-bond acceptors (Lipinski definition) is 5. The zero-order chi connectivity index (χ0) is 22.1. The second-order valence-corrected chi connectivity index (χ2v) is 10.8. The molecule has 7 nitrogen and oxygen atoms in total. The Morgan fingerprint density at radius 2 is 1.88 bits per heavy atom. The summed E-state index contributed by atoms with van der Waals surface area (Å²) < 4.78 is 27.9. The molecular weight excluding hydrogens is 444 g/mol. The van der Waals surface area contributed by atoms with Crippen LogP contribution in [0, 0.1) is 0 Å². The van der Waals surface area contributed by atoms with Gasteiger partial charge in [-0.2, -0.15) is 4.31 Å². The van der Waals surface area contributed by atoms with Gasteiger partial charge in [0, 0.05) is 12.1 Å². The van der Waals surface area contributed by atoms with Gasteiger partial charge in [0.05, 0.1) is 16.7 Å². The van der Waals surface area contributed by atoms with Gasteiger partial charge in [0.2, 0.25) is 5.91 Å². The van der Waals surface area contributed by atoms with Crippen molar-refractivity contribution in [2.24, 2.45) is 0 Å². The Kier molecular flexibility index (Phi) is 5.54. The van der Waals surface area contributed by atoms with Crippen LogP contribution in [-0.4, -0.2) is 41.2 Å². The van der Waals surface area contributed by atoms with E-state index in [1.165, 1.54) is 15.6 Å². The number of anilines is 1. The van der Waals surface area contributed by atoms with Crippen molar-refractivity contribution in [3.8, 4) is 11.4 Å². The van der Waals surface area contributed by atoms with Crippen molar-refractivity contribution in [2.45, 2.75) is 29.5 Å². The lowest BCUT2D eigenvalue weighted by molar-refractivity contribution is -0.120. The number of fused-ring (bicyclic) bond motifs is 1. The molecule has 1 atom stereocenters. The van der Waals surface area contributed by atoms with E-state index in [9.17, 15) is 13.2 Å². The number of nitrogens with one attached hydrogen (secondary N) is 2. The second-order valence-electron chi connectivity index (χ2n) is 7.70. The highest BCUT2D eigenvalue weighted by Gasteiger charge is 2.38. The van der Waals surface area contributed by atoms with Crippen molar-refractivity contribution >= 4 is 44.0 Å². The van der Waals surface area contributed by atoms with Crippen LogP contribution in [0.25, 0.3) is 22.4 Å². The van der Waals surface area contributed by atoms with Crippen LogP contribution in [0.2, 0.25) is 0 Å². The third-order valence-corrected chi connectivity index (χ3v) is 8.93. The van der Waals surface area contributed by atoms with Crippen LogP contribution in [-0.2, 0) is 14.8 Å². The lowest BCUT2D eigenvalue weighted by Crippen LogP contribution is -2.49. The Labute approximate surface area is 190 Å². The molecule has 1 aliphatic heterocycles. The fourth-order valence-electron chi connectivity index (χ4n) is 4.08. The number of sulfonamides is 1. The molecule has 164 valence electrons. The van der Waals surface area contributed by atoms with E-state index in [4.69, 9.17) is 0 Å². The molecule has 5 rings (SSSR count). The number of amides is 1. The van der Waals surface area contributed by atoms with Crippen LogP contribution in [0.3, 0.4) is 0 Å². The van der Waals surface area contributed by atoms with Crippen molar-refractivity contribution in [1.29, 1.82) is 0 Å². The number of aromatic nitrogens is 2. The summed E-state index contributed by atoms with van der Waals surface area (Å²) in [5.74, 6) is 0.321. The van der Waals surface area contributed by atoms with Gasteiger partial charge in [-0.15, -0.1) is 11.3 Å². The van der Waals surface area contributed by atoms with Crippen LogP contribution < -0.4 is 5.32 Å². The van der Waals surface area contributed by atoms with Gasteiger partial charge in [0.1, 0.15) is 16.1 Å². The summed E-state index contributed by atoms with van der Waals surface area (Å²) in [6.07, 6.45) is 2.03. The highest BCUT2D eigenvalue weighted by atomic mass is 32.2. The maximum atomic E-state index is 13.3. The molecule has 1 saturated heterocycles. The number of carbonyl (C=O) groups is 1. The Balaban J connectivity index is 1.44. The number of benzene rings is 2. The van der Waals surface area contributed by atoms with E-state index < -0.39 is 16.1 Å². The summed E-state index contributed by atoms with van der Waals surface area (Å²) >= 11 is 1.17. The van der Waals surface area contributed by atoms with E-state index >= 15 is 0 Å². The number of rotatable bonds is 5. The van der Waals surface area contributed by atoms with E-state index in [1.54, 1.807) is 23.6 Å². The first kappa shape index (κ1) is 20.9.